The van der Waals surface area contributed by atoms with Crippen molar-refractivity contribution in [3.05, 3.63) is 52.7 Å². The lowest BCUT2D eigenvalue weighted by Crippen LogP contribution is -2.34. The number of pyridine rings is 1. The number of carbonyl (C=O) groups excluding carboxylic acids is 1. The van der Waals surface area contributed by atoms with E-state index in [1.54, 1.807) is 4.72 Å². The zero-order chi connectivity index (χ0) is 22.1. The molecule has 162 valence electrons. The molecule has 0 atom stereocenters. The van der Waals surface area contributed by atoms with Gasteiger partial charge in [0.15, 0.2) is 0 Å². The second kappa shape index (κ2) is 8.43. The first-order valence-electron chi connectivity index (χ1n) is 9.12. The number of nitrogens with one attached hydrogen (secondary N) is 1. The molecule has 1 N–H and O–H groups in total. The highest BCUT2D eigenvalue weighted by molar-refractivity contribution is 7.90. The summed E-state index contributed by atoms with van der Waals surface area (Å²) in [6.45, 7) is 3.76. The van der Waals surface area contributed by atoms with Gasteiger partial charge in [0.1, 0.15) is 10.7 Å². The number of hydrogen-bond acceptors (Lipinski definition) is 5. The van der Waals surface area contributed by atoms with Gasteiger partial charge in [-0.15, -0.1) is 0 Å². The molecular weight excluding hydrogens is 443 g/mol. The van der Waals surface area contributed by atoms with E-state index < -0.39 is 33.2 Å². The molecule has 1 aliphatic rings. The summed E-state index contributed by atoms with van der Waals surface area (Å²) in [6, 6.07) is 5.25. The maximum absolute atomic E-state index is 13.2. The van der Waals surface area contributed by atoms with Crippen LogP contribution in [0.15, 0.2) is 41.4 Å². The van der Waals surface area contributed by atoms with E-state index >= 15 is 0 Å². The number of alkyl halides is 3. The Morgan fingerprint density at radius 2 is 1.87 bits per heavy atom. The van der Waals surface area contributed by atoms with Crippen LogP contribution in [0, 0.1) is 5.92 Å². The number of hydrogen-bond donors (Lipinski definition) is 1. The molecule has 6 nitrogen and oxygen atoms in total. The highest BCUT2D eigenvalue weighted by Crippen LogP contribution is 2.34. The van der Waals surface area contributed by atoms with E-state index in [4.69, 9.17) is 11.6 Å². The van der Waals surface area contributed by atoms with E-state index in [1.807, 2.05) is 4.90 Å². The van der Waals surface area contributed by atoms with Crippen molar-refractivity contribution in [1.82, 2.24) is 9.71 Å². The van der Waals surface area contributed by atoms with Crippen molar-refractivity contribution in [2.75, 3.05) is 18.0 Å². The van der Waals surface area contributed by atoms with Crippen LogP contribution in [-0.4, -0.2) is 32.4 Å². The van der Waals surface area contributed by atoms with Crippen molar-refractivity contribution < 1.29 is 26.4 Å². The lowest BCUT2D eigenvalue weighted by molar-refractivity contribution is -0.137. The first-order chi connectivity index (χ1) is 14.0. The van der Waals surface area contributed by atoms with Gasteiger partial charge in [-0.1, -0.05) is 18.5 Å². The number of anilines is 1. The highest BCUT2D eigenvalue weighted by atomic mass is 35.5. The van der Waals surface area contributed by atoms with Crippen LogP contribution < -0.4 is 9.62 Å². The minimum absolute atomic E-state index is 0.228. The van der Waals surface area contributed by atoms with Gasteiger partial charge in [0, 0.05) is 24.3 Å². The summed E-state index contributed by atoms with van der Waals surface area (Å²) in [5, 5.41) is -0.228. The molecule has 1 fully saturated rings. The largest absolute Gasteiger partial charge is 0.417 e. The standard InChI is InChI=1S/C19H19ClF3N3O3S/c1-12-6-8-26(9-7-12)17-5-3-14(11-24-17)30(28,29)25-18(27)15-4-2-13(20)10-16(15)19(21,22)23/h2-5,10-12H,6-9H2,1H3,(H,25,27). The minimum Gasteiger partial charge on any atom is -0.357 e. The third kappa shape index (κ3) is 5.04. The fourth-order valence-corrected chi connectivity index (χ4v) is 4.22. The molecule has 0 radical (unpaired) electrons. The van der Waals surface area contributed by atoms with E-state index in [-0.39, 0.29) is 9.92 Å². The maximum Gasteiger partial charge on any atom is 0.417 e. The Bertz CT molecular complexity index is 1040. The fourth-order valence-electron chi connectivity index (χ4n) is 3.14. The first-order valence-corrected chi connectivity index (χ1v) is 11.0. The molecule has 0 aliphatic carbocycles. The van der Waals surface area contributed by atoms with Crippen LogP contribution in [0.5, 0.6) is 0 Å². The number of halogens is 4. The normalized spacial score (nSPS) is 15.8. The molecular formula is C19H19ClF3N3O3S. The Morgan fingerprint density at radius 3 is 2.43 bits per heavy atom. The van der Waals surface area contributed by atoms with Gasteiger partial charge in [-0.2, -0.15) is 13.2 Å². The van der Waals surface area contributed by atoms with E-state index in [9.17, 15) is 26.4 Å². The van der Waals surface area contributed by atoms with Gasteiger partial charge in [0.2, 0.25) is 0 Å². The molecule has 2 aromatic rings. The van der Waals surface area contributed by atoms with Crippen LogP contribution in [-0.2, 0) is 16.2 Å². The first kappa shape index (κ1) is 22.4. The number of rotatable bonds is 4. The van der Waals surface area contributed by atoms with Crippen molar-refractivity contribution in [2.24, 2.45) is 5.92 Å². The van der Waals surface area contributed by atoms with Gasteiger partial charge in [0.05, 0.1) is 11.1 Å². The molecule has 1 amide bonds. The second-order valence-electron chi connectivity index (χ2n) is 7.14. The average Bonchev–Trinajstić information content (AvgIpc) is 2.67. The van der Waals surface area contributed by atoms with Gasteiger partial charge in [-0.05, 0) is 49.1 Å². The van der Waals surface area contributed by atoms with Crippen molar-refractivity contribution in [3.8, 4) is 0 Å². The van der Waals surface area contributed by atoms with Crippen LogP contribution in [0.1, 0.15) is 35.7 Å². The van der Waals surface area contributed by atoms with Crippen LogP contribution in [0.3, 0.4) is 0 Å². The highest BCUT2D eigenvalue weighted by Gasteiger charge is 2.36. The van der Waals surface area contributed by atoms with Crippen molar-refractivity contribution in [2.45, 2.75) is 30.8 Å². The third-order valence-electron chi connectivity index (χ3n) is 4.90. The molecule has 1 aliphatic heterocycles. The number of benzene rings is 1. The molecule has 30 heavy (non-hydrogen) atoms. The number of sulfonamides is 1. The molecule has 0 saturated carbocycles. The second-order valence-corrected chi connectivity index (χ2v) is 9.26. The summed E-state index contributed by atoms with van der Waals surface area (Å²) in [5.74, 6) is -0.192. The van der Waals surface area contributed by atoms with Gasteiger partial charge in [-0.3, -0.25) is 4.79 Å². The lowest BCUT2D eigenvalue weighted by atomic mass is 9.99. The Kier molecular flexibility index (Phi) is 6.28. The van der Waals surface area contributed by atoms with Gasteiger partial charge < -0.3 is 4.90 Å². The Morgan fingerprint density at radius 1 is 1.20 bits per heavy atom. The average molecular weight is 462 g/mol. The molecule has 0 bridgehead atoms. The number of piperidine rings is 1. The van der Waals surface area contributed by atoms with Crippen LogP contribution >= 0.6 is 11.6 Å². The summed E-state index contributed by atoms with van der Waals surface area (Å²) in [4.78, 5) is 18.1. The molecule has 0 unspecified atom stereocenters. The smallest absolute Gasteiger partial charge is 0.357 e. The summed E-state index contributed by atoms with van der Waals surface area (Å²) in [6.07, 6.45) is -1.80. The van der Waals surface area contributed by atoms with Crippen LogP contribution in [0.25, 0.3) is 0 Å². The number of nitrogens with zero attached hydrogens (tertiary/aromatic N) is 2. The molecule has 0 spiro atoms. The molecule has 11 heteroatoms. The van der Waals surface area contributed by atoms with Crippen LogP contribution in [0.2, 0.25) is 5.02 Å². The molecule has 1 saturated heterocycles. The predicted molar refractivity (Wildman–Crippen MR) is 106 cm³/mol. The van der Waals surface area contributed by atoms with Gasteiger partial charge in [0.25, 0.3) is 15.9 Å². The summed E-state index contributed by atoms with van der Waals surface area (Å²) in [7, 11) is -4.42. The van der Waals surface area contributed by atoms with Crippen LogP contribution in [0.4, 0.5) is 19.0 Å². The minimum atomic E-state index is -4.88. The monoisotopic (exact) mass is 461 g/mol. The summed E-state index contributed by atoms with van der Waals surface area (Å²) in [5.41, 5.74) is -2.17. The Balaban J connectivity index is 1.79. The molecule has 1 aromatic carbocycles. The van der Waals surface area contributed by atoms with Crippen molar-refractivity contribution in [3.63, 3.8) is 0 Å². The van der Waals surface area contributed by atoms with Gasteiger partial charge >= 0.3 is 6.18 Å². The number of amides is 1. The summed E-state index contributed by atoms with van der Waals surface area (Å²) >= 11 is 5.58. The number of aromatic nitrogens is 1. The quantitative estimate of drug-likeness (QED) is 0.741. The Hall–Kier alpha value is -2.33. The fraction of sp³-hybridized carbons (Fsp3) is 0.368. The maximum atomic E-state index is 13.2. The van der Waals surface area contributed by atoms with E-state index in [1.165, 1.54) is 12.1 Å². The van der Waals surface area contributed by atoms with E-state index in [0.717, 1.165) is 44.3 Å². The Labute approximate surface area is 177 Å². The summed E-state index contributed by atoms with van der Waals surface area (Å²) < 4.78 is 66.2. The number of carbonyl (C=O) groups is 1. The van der Waals surface area contributed by atoms with E-state index in [2.05, 4.69) is 11.9 Å². The van der Waals surface area contributed by atoms with Crippen molar-refractivity contribution in [1.29, 1.82) is 0 Å². The molecule has 1 aromatic heterocycles. The third-order valence-corrected chi connectivity index (χ3v) is 6.45. The molecule has 3 rings (SSSR count). The zero-order valence-electron chi connectivity index (χ0n) is 15.9. The van der Waals surface area contributed by atoms with E-state index in [0.29, 0.717) is 17.8 Å². The molecule has 2 heterocycles. The SMILES string of the molecule is CC1CCN(c2ccc(S(=O)(=O)NC(=O)c3ccc(Cl)cc3C(F)(F)F)cn2)CC1. The van der Waals surface area contributed by atoms with Crippen molar-refractivity contribution >= 4 is 33.3 Å². The topological polar surface area (TPSA) is 79.4 Å². The lowest BCUT2D eigenvalue weighted by Gasteiger charge is -2.31. The zero-order valence-corrected chi connectivity index (χ0v) is 17.5. The van der Waals surface area contributed by atoms with Gasteiger partial charge in [-0.25, -0.2) is 18.1 Å². The predicted octanol–water partition coefficient (Wildman–Crippen LogP) is 4.11.